The Bertz CT molecular complexity index is 1100. The van der Waals surface area contributed by atoms with Crippen molar-refractivity contribution in [3.63, 3.8) is 0 Å². The number of pyridine rings is 1. The van der Waals surface area contributed by atoms with Gasteiger partial charge in [0.2, 0.25) is 5.91 Å². The van der Waals surface area contributed by atoms with E-state index in [1.54, 1.807) is 41.2 Å². The van der Waals surface area contributed by atoms with E-state index in [9.17, 15) is 14.0 Å². The van der Waals surface area contributed by atoms with Crippen molar-refractivity contribution >= 4 is 23.0 Å². The molecule has 3 saturated carbocycles. The van der Waals surface area contributed by atoms with Gasteiger partial charge in [-0.15, -0.1) is 5.10 Å². The lowest BCUT2D eigenvalue weighted by Crippen LogP contribution is -2.77. The molecule has 2 bridgehead atoms. The van der Waals surface area contributed by atoms with Gasteiger partial charge in [-0.05, 0) is 61.1 Å². The normalized spacial score (nSPS) is 25.6. The van der Waals surface area contributed by atoms with Crippen LogP contribution in [0.4, 0.5) is 10.1 Å². The molecule has 2 heterocycles. The minimum atomic E-state index is -0.337. The molecule has 3 aromatic rings. The van der Waals surface area contributed by atoms with Crippen molar-refractivity contribution in [3.05, 3.63) is 60.2 Å². The molecule has 0 aliphatic heterocycles. The molecule has 6 rings (SSSR count). The SMILES string of the molecule is CC(C(=O)Nc1ccc(F)cc1)C12CC(NC(=O)c3cccn4nncc34)(C1)C2. The van der Waals surface area contributed by atoms with Crippen LogP contribution in [0.5, 0.6) is 0 Å². The topological polar surface area (TPSA) is 88.4 Å². The monoisotopic (exact) mass is 393 g/mol. The number of halogens is 1. The minimum Gasteiger partial charge on any atom is -0.346 e. The van der Waals surface area contributed by atoms with Crippen molar-refractivity contribution < 1.29 is 14.0 Å². The lowest BCUT2D eigenvalue weighted by Gasteiger charge is -2.72. The Morgan fingerprint density at radius 3 is 2.62 bits per heavy atom. The highest BCUT2D eigenvalue weighted by Crippen LogP contribution is 2.70. The van der Waals surface area contributed by atoms with Crippen LogP contribution >= 0.6 is 0 Å². The number of nitrogens with one attached hydrogen (secondary N) is 2. The highest BCUT2D eigenvalue weighted by atomic mass is 19.1. The Balaban J connectivity index is 1.22. The smallest absolute Gasteiger partial charge is 0.253 e. The van der Waals surface area contributed by atoms with Gasteiger partial charge in [0.25, 0.3) is 5.91 Å². The summed E-state index contributed by atoms with van der Waals surface area (Å²) in [5, 5.41) is 13.8. The predicted molar refractivity (Wildman–Crippen MR) is 104 cm³/mol. The van der Waals surface area contributed by atoms with E-state index in [0.29, 0.717) is 16.8 Å². The summed E-state index contributed by atoms with van der Waals surface area (Å²) in [7, 11) is 0. The first-order chi connectivity index (χ1) is 13.9. The molecule has 3 aliphatic rings. The number of rotatable bonds is 5. The van der Waals surface area contributed by atoms with Crippen LogP contribution in [0.25, 0.3) is 5.52 Å². The molecular formula is C21H20FN5O2. The van der Waals surface area contributed by atoms with Crippen molar-refractivity contribution in [1.29, 1.82) is 0 Å². The number of hydrogen-bond acceptors (Lipinski definition) is 4. The van der Waals surface area contributed by atoms with Gasteiger partial charge in [0.15, 0.2) is 0 Å². The maximum Gasteiger partial charge on any atom is 0.253 e. The van der Waals surface area contributed by atoms with Crippen LogP contribution in [0.3, 0.4) is 0 Å². The van der Waals surface area contributed by atoms with Gasteiger partial charge in [-0.25, -0.2) is 8.91 Å². The first kappa shape index (κ1) is 17.8. The third-order valence-corrected chi connectivity index (χ3v) is 6.46. The molecule has 8 heteroatoms. The number of benzene rings is 1. The third kappa shape index (κ3) is 2.78. The largest absolute Gasteiger partial charge is 0.346 e. The van der Waals surface area contributed by atoms with Gasteiger partial charge in [0.05, 0.1) is 17.3 Å². The lowest BCUT2D eigenvalue weighted by molar-refractivity contribution is -0.184. The summed E-state index contributed by atoms with van der Waals surface area (Å²) in [6.45, 7) is 1.92. The van der Waals surface area contributed by atoms with Crippen LogP contribution in [0.15, 0.2) is 48.8 Å². The zero-order valence-corrected chi connectivity index (χ0v) is 15.9. The van der Waals surface area contributed by atoms with E-state index in [0.717, 1.165) is 19.3 Å². The first-order valence-corrected chi connectivity index (χ1v) is 9.58. The Morgan fingerprint density at radius 2 is 1.90 bits per heavy atom. The number of carbonyl (C=O) groups excluding carboxylic acids is 2. The highest BCUT2D eigenvalue weighted by molar-refractivity contribution is 6.01. The van der Waals surface area contributed by atoms with Crippen molar-refractivity contribution in [2.75, 3.05) is 5.32 Å². The Hall–Kier alpha value is -3.29. The predicted octanol–water partition coefficient (Wildman–Crippen LogP) is 2.80. The molecular weight excluding hydrogens is 373 g/mol. The molecule has 0 spiro atoms. The number of fused-ring (bicyclic) bond motifs is 1. The van der Waals surface area contributed by atoms with Crippen molar-refractivity contribution in [3.8, 4) is 0 Å². The Morgan fingerprint density at radius 1 is 1.17 bits per heavy atom. The van der Waals surface area contributed by atoms with E-state index in [4.69, 9.17) is 0 Å². The summed E-state index contributed by atoms with van der Waals surface area (Å²) in [6, 6.07) is 9.27. The Labute approximate surface area is 166 Å². The van der Waals surface area contributed by atoms with E-state index < -0.39 is 0 Å². The summed E-state index contributed by atoms with van der Waals surface area (Å²) in [4.78, 5) is 25.4. The van der Waals surface area contributed by atoms with E-state index in [1.165, 1.54) is 12.1 Å². The van der Waals surface area contributed by atoms with Crippen LogP contribution < -0.4 is 10.6 Å². The lowest BCUT2D eigenvalue weighted by atomic mass is 9.36. The molecule has 2 amide bonds. The van der Waals surface area contributed by atoms with E-state index >= 15 is 0 Å². The number of nitrogens with zero attached hydrogens (tertiary/aromatic N) is 3. The average molecular weight is 393 g/mol. The quantitative estimate of drug-likeness (QED) is 0.698. The van der Waals surface area contributed by atoms with Crippen molar-refractivity contribution in [1.82, 2.24) is 20.1 Å². The van der Waals surface area contributed by atoms with Gasteiger partial charge >= 0.3 is 0 Å². The molecule has 148 valence electrons. The van der Waals surface area contributed by atoms with E-state index in [1.807, 2.05) is 6.92 Å². The second-order valence-electron chi connectivity index (χ2n) is 8.33. The van der Waals surface area contributed by atoms with E-state index in [-0.39, 0.29) is 34.5 Å². The number of carbonyl (C=O) groups is 2. The number of aromatic nitrogens is 3. The highest BCUT2D eigenvalue weighted by Gasteiger charge is 2.71. The summed E-state index contributed by atoms with van der Waals surface area (Å²) >= 11 is 0. The van der Waals surface area contributed by atoms with Gasteiger partial charge in [-0.1, -0.05) is 12.1 Å². The van der Waals surface area contributed by atoms with Crippen LogP contribution in [-0.2, 0) is 4.79 Å². The molecule has 0 radical (unpaired) electrons. The molecule has 3 fully saturated rings. The molecule has 29 heavy (non-hydrogen) atoms. The fourth-order valence-electron chi connectivity index (χ4n) is 4.87. The van der Waals surface area contributed by atoms with Gasteiger partial charge in [-0.3, -0.25) is 9.59 Å². The first-order valence-electron chi connectivity index (χ1n) is 9.58. The fraction of sp³-hybridized carbons (Fsp3) is 0.333. The third-order valence-electron chi connectivity index (χ3n) is 6.46. The summed E-state index contributed by atoms with van der Waals surface area (Å²) in [5.74, 6) is -0.745. The molecule has 2 N–H and O–H groups in total. The fourth-order valence-corrected chi connectivity index (χ4v) is 4.87. The minimum absolute atomic E-state index is 0.0775. The molecule has 1 atom stereocenters. The zero-order valence-electron chi connectivity index (χ0n) is 15.9. The average Bonchev–Trinajstić information content (AvgIpc) is 3.13. The standard InChI is InChI=1S/C21H20FN5O2/c1-13(18(28)24-15-6-4-14(22)5-7-15)20-10-21(11-20,12-20)25-19(29)16-3-2-8-27-17(16)9-23-26-27/h2-9,13H,10-12H2,1H3,(H,24,28)(H,25,29). The summed E-state index contributed by atoms with van der Waals surface area (Å²) < 4.78 is 14.6. The second-order valence-corrected chi connectivity index (χ2v) is 8.33. The van der Waals surface area contributed by atoms with Crippen LogP contribution in [0, 0.1) is 17.2 Å². The molecule has 3 aliphatic carbocycles. The maximum absolute atomic E-state index is 13.0. The molecule has 1 unspecified atom stereocenters. The van der Waals surface area contributed by atoms with Crippen molar-refractivity contribution in [2.45, 2.75) is 31.7 Å². The van der Waals surface area contributed by atoms with Gasteiger partial charge in [0, 0.05) is 23.3 Å². The van der Waals surface area contributed by atoms with Gasteiger partial charge in [-0.2, -0.15) is 0 Å². The van der Waals surface area contributed by atoms with Crippen LogP contribution in [0.1, 0.15) is 36.5 Å². The number of hydrogen-bond donors (Lipinski definition) is 2. The number of anilines is 1. The Kier molecular flexibility index (Phi) is 3.74. The van der Waals surface area contributed by atoms with Crippen LogP contribution in [-0.4, -0.2) is 32.2 Å². The summed E-state index contributed by atoms with van der Waals surface area (Å²) in [5.41, 5.74) is 1.47. The zero-order chi connectivity index (χ0) is 20.2. The molecule has 2 aromatic heterocycles. The van der Waals surface area contributed by atoms with Crippen molar-refractivity contribution in [2.24, 2.45) is 11.3 Å². The number of amides is 2. The van der Waals surface area contributed by atoms with Crippen LogP contribution in [0.2, 0.25) is 0 Å². The molecule has 1 aromatic carbocycles. The summed E-state index contributed by atoms with van der Waals surface area (Å²) in [6.07, 6.45) is 5.66. The van der Waals surface area contributed by atoms with Gasteiger partial charge < -0.3 is 10.6 Å². The van der Waals surface area contributed by atoms with Gasteiger partial charge in [0.1, 0.15) is 5.82 Å². The van der Waals surface area contributed by atoms with E-state index in [2.05, 4.69) is 20.9 Å². The molecule has 7 nitrogen and oxygen atoms in total. The maximum atomic E-state index is 13.0. The second kappa shape index (κ2) is 6.10. The molecule has 0 saturated heterocycles.